The van der Waals surface area contributed by atoms with Crippen LogP contribution >= 0.6 is 0 Å². The average molecular weight is 175 g/mol. The van der Waals surface area contributed by atoms with Crippen molar-refractivity contribution in [2.24, 2.45) is 0 Å². The van der Waals surface area contributed by atoms with Gasteiger partial charge in [0, 0.05) is 18.8 Å². The first kappa shape index (κ1) is 9.85. The summed E-state index contributed by atoms with van der Waals surface area (Å²) in [6.07, 6.45) is 1.95. The third-order valence-corrected chi connectivity index (χ3v) is 2.36. The summed E-state index contributed by atoms with van der Waals surface area (Å²) in [5.41, 5.74) is 2.54. The Morgan fingerprint density at radius 3 is 2.69 bits per heavy atom. The third-order valence-electron chi connectivity index (χ3n) is 2.36. The van der Waals surface area contributed by atoms with Crippen LogP contribution in [0.4, 0.5) is 5.69 Å². The van der Waals surface area contributed by atoms with E-state index in [1.165, 1.54) is 11.3 Å². The number of rotatable bonds is 3. The van der Waals surface area contributed by atoms with Crippen LogP contribution in [0.1, 0.15) is 12.5 Å². The van der Waals surface area contributed by atoms with E-state index in [9.17, 15) is 0 Å². The molecule has 0 spiro atoms. The molecule has 1 aromatic carbocycles. The highest BCUT2D eigenvalue weighted by Crippen LogP contribution is 2.16. The SMILES string of the molecule is C=CC(C)N(C)c1cccc(C)c1. The Hall–Kier alpha value is -1.24. The van der Waals surface area contributed by atoms with Gasteiger partial charge in [0.05, 0.1) is 0 Å². The highest BCUT2D eigenvalue weighted by Gasteiger charge is 2.05. The summed E-state index contributed by atoms with van der Waals surface area (Å²) in [4.78, 5) is 2.21. The smallest absolute Gasteiger partial charge is 0.0438 e. The lowest BCUT2D eigenvalue weighted by Crippen LogP contribution is -2.26. The van der Waals surface area contributed by atoms with Crippen LogP contribution in [0.3, 0.4) is 0 Å². The lowest BCUT2D eigenvalue weighted by atomic mass is 10.2. The minimum atomic E-state index is 0.377. The fourth-order valence-electron chi connectivity index (χ4n) is 1.24. The van der Waals surface area contributed by atoms with Crippen molar-refractivity contribution in [1.29, 1.82) is 0 Å². The van der Waals surface area contributed by atoms with Gasteiger partial charge in [0.2, 0.25) is 0 Å². The minimum Gasteiger partial charge on any atom is -0.368 e. The molecule has 0 aliphatic rings. The van der Waals surface area contributed by atoms with Crippen LogP contribution in [0.15, 0.2) is 36.9 Å². The van der Waals surface area contributed by atoms with E-state index < -0.39 is 0 Å². The highest BCUT2D eigenvalue weighted by atomic mass is 15.1. The topological polar surface area (TPSA) is 3.24 Å². The van der Waals surface area contributed by atoms with Gasteiger partial charge in [-0.3, -0.25) is 0 Å². The van der Waals surface area contributed by atoms with Crippen molar-refractivity contribution >= 4 is 5.69 Å². The molecule has 0 saturated heterocycles. The second kappa shape index (κ2) is 4.13. The molecule has 1 aromatic rings. The van der Waals surface area contributed by atoms with Gasteiger partial charge in [-0.25, -0.2) is 0 Å². The van der Waals surface area contributed by atoms with Gasteiger partial charge in [-0.15, -0.1) is 6.58 Å². The lowest BCUT2D eigenvalue weighted by Gasteiger charge is -2.24. The van der Waals surface area contributed by atoms with E-state index in [2.05, 4.69) is 56.6 Å². The maximum atomic E-state index is 3.79. The predicted molar refractivity (Wildman–Crippen MR) is 59.2 cm³/mol. The molecule has 0 bridgehead atoms. The maximum absolute atomic E-state index is 3.79. The first-order chi connectivity index (χ1) is 6.15. The zero-order valence-corrected chi connectivity index (χ0v) is 8.62. The Morgan fingerprint density at radius 1 is 1.46 bits per heavy atom. The monoisotopic (exact) mass is 175 g/mol. The Balaban J connectivity index is 2.88. The van der Waals surface area contributed by atoms with E-state index in [1.54, 1.807) is 0 Å². The second-order valence-corrected chi connectivity index (χ2v) is 3.43. The zero-order chi connectivity index (χ0) is 9.84. The molecule has 0 amide bonds. The van der Waals surface area contributed by atoms with Crippen LogP contribution in [0.5, 0.6) is 0 Å². The summed E-state index contributed by atoms with van der Waals surface area (Å²) >= 11 is 0. The average Bonchev–Trinajstić information content (AvgIpc) is 2.15. The van der Waals surface area contributed by atoms with Crippen molar-refractivity contribution in [2.45, 2.75) is 19.9 Å². The Morgan fingerprint density at radius 2 is 2.15 bits per heavy atom. The quantitative estimate of drug-likeness (QED) is 0.638. The molecule has 1 atom stereocenters. The van der Waals surface area contributed by atoms with E-state index in [1.807, 2.05) is 6.08 Å². The first-order valence-corrected chi connectivity index (χ1v) is 4.57. The molecule has 13 heavy (non-hydrogen) atoms. The van der Waals surface area contributed by atoms with Gasteiger partial charge in [-0.1, -0.05) is 18.2 Å². The van der Waals surface area contributed by atoms with Gasteiger partial charge in [0.1, 0.15) is 0 Å². The molecule has 1 rings (SSSR count). The molecule has 0 fully saturated rings. The summed E-state index contributed by atoms with van der Waals surface area (Å²) in [6.45, 7) is 8.03. The molecule has 1 unspecified atom stereocenters. The van der Waals surface area contributed by atoms with Crippen LogP contribution in [-0.2, 0) is 0 Å². The molecular formula is C12H17N. The Bertz CT molecular complexity index is 291. The van der Waals surface area contributed by atoms with E-state index in [-0.39, 0.29) is 0 Å². The normalized spacial score (nSPS) is 12.2. The molecule has 0 aliphatic carbocycles. The first-order valence-electron chi connectivity index (χ1n) is 4.57. The Labute approximate surface area is 80.7 Å². The van der Waals surface area contributed by atoms with Crippen molar-refractivity contribution < 1.29 is 0 Å². The molecular weight excluding hydrogens is 158 g/mol. The minimum absolute atomic E-state index is 0.377. The van der Waals surface area contributed by atoms with Crippen molar-refractivity contribution in [3.8, 4) is 0 Å². The number of benzene rings is 1. The maximum Gasteiger partial charge on any atom is 0.0438 e. The van der Waals surface area contributed by atoms with Gasteiger partial charge in [0.15, 0.2) is 0 Å². The van der Waals surface area contributed by atoms with Crippen LogP contribution in [-0.4, -0.2) is 13.1 Å². The predicted octanol–water partition coefficient (Wildman–Crippen LogP) is 3.01. The number of anilines is 1. The highest BCUT2D eigenvalue weighted by molar-refractivity contribution is 5.49. The summed E-state index contributed by atoms with van der Waals surface area (Å²) in [6, 6.07) is 8.86. The molecule has 0 radical (unpaired) electrons. The zero-order valence-electron chi connectivity index (χ0n) is 8.62. The second-order valence-electron chi connectivity index (χ2n) is 3.43. The van der Waals surface area contributed by atoms with Crippen LogP contribution in [0.2, 0.25) is 0 Å². The van der Waals surface area contributed by atoms with Crippen molar-refractivity contribution in [1.82, 2.24) is 0 Å². The standard InChI is InChI=1S/C12H17N/c1-5-11(3)13(4)12-8-6-7-10(2)9-12/h5-9,11H,1H2,2-4H3. The van der Waals surface area contributed by atoms with Crippen molar-refractivity contribution in [2.75, 3.05) is 11.9 Å². The molecule has 1 heteroatoms. The fourth-order valence-corrected chi connectivity index (χ4v) is 1.24. The van der Waals surface area contributed by atoms with Gasteiger partial charge in [-0.2, -0.15) is 0 Å². The largest absolute Gasteiger partial charge is 0.368 e. The lowest BCUT2D eigenvalue weighted by molar-refractivity contribution is 0.825. The molecule has 1 nitrogen and oxygen atoms in total. The summed E-state index contributed by atoms with van der Waals surface area (Å²) in [5.74, 6) is 0. The van der Waals surface area contributed by atoms with Crippen LogP contribution in [0.25, 0.3) is 0 Å². The molecule has 0 saturated carbocycles. The Kier molecular flexibility index (Phi) is 3.13. The summed E-state index contributed by atoms with van der Waals surface area (Å²) in [5, 5.41) is 0. The van der Waals surface area contributed by atoms with Crippen molar-refractivity contribution in [3.63, 3.8) is 0 Å². The summed E-state index contributed by atoms with van der Waals surface area (Å²) in [7, 11) is 2.08. The molecule has 0 aliphatic heterocycles. The number of aryl methyl sites for hydroxylation is 1. The van der Waals surface area contributed by atoms with Gasteiger partial charge < -0.3 is 4.90 Å². The molecule has 0 N–H and O–H groups in total. The van der Waals surface area contributed by atoms with Gasteiger partial charge in [0.25, 0.3) is 0 Å². The molecule has 0 heterocycles. The fraction of sp³-hybridized carbons (Fsp3) is 0.333. The van der Waals surface area contributed by atoms with E-state index in [0.717, 1.165) is 0 Å². The van der Waals surface area contributed by atoms with Crippen molar-refractivity contribution in [3.05, 3.63) is 42.5 Å². The van der Waals surface area contributed by atoms with E-state index in [0.29, 0.717) is 6.04 Å². The van der Waals surface area contributed by atoms with Crippen LogP contribution < -0.4 is 4.90 Å². The number of likely N-dealkylation sites (N-methyl/N-ethyl adjacent to an activating group) is 1. The number of hydrogen-bond acceptors (Lipinski definition) is 1. The molecule has 70 valence electrons. The van der Waals surface area contributed by atoms with Crippen LogP contribution in [0, 0.1) is 6.92 Å². The van der Waals surface area contributed by atoms with Gasteiger partial charge in [-0.05, 0) is 31.5 Å². The number of nitrogens with zero attached hydrogens (tertiary/aromatic N) is 1. The van der Waals surface area contributed by atoms with Gasteiger partial charge >= 0.3 is 0 Å². The summed E-state index contributed by atoms with van der Waals surface area (Å²) < 4.78 is 0. The van der Waals surface area contributed by atoms with E-state index in [4.69, 9.17) is 0 Å². The van der Waals surface area contributed by atoms with E-state index >= 15 is 0 Å². The molecule has 0 aromatic heterocycles. The number of hydrogen-bond donors (Lipinski definition) is 0. The third kappa shape index (κ3) is 2.35.